The van der Waals surface area contributed by atoms with E-state index in [4.69, 9.17) is 23.2 Å². The summed E-state index contributed by atoms with van der Waals surface area (Å²) in [7, 11) is 0. The van der Waals surface area contributed by atoms with Gasteiger partial charge in [0.15, 0.2) is 0 Å². The Morgan fingerprint density at radius 3 is 2.48 bits per heavy atom. The van der Waals surface area contributed by atoms with Crippen molar-refractivity contribution in [3.8, 4) is 21.7 Å². The Kier molecular flexibility index (Phi) is 4.35. The van der Waals surface area contributed by atoms with E-state index in [1.807, 2.05) is 0 Å². The van der Waals surface area contributed by atoms with E-state index in [0.717, 1.165) is 11.3 Å². The molecule has 1 N–H and O–H groups in total. The Bertz CT molecular complexity index is 891. The van der Waals surface area contributed by atoms with Gasteiger partial charge in [0, 0.05) is 15.6 Å². The van der Waals surface area contributed by atoms with Crippen LogP contribution in [-0.4, -0.2) is 16.1 Å². The van der Waals surface area contributed by atoms with E-state index in [1.54, 1.807) is 30.3 Å². The number of carbonyl (C=O) groups is 1. The van der Waals surface area contributed by atoms with E-state index in [0.29, 0.717) is 26.7 Å². The lowest BCUT2D eigenvalue weighted by molar-refractivity contribution is 0.0696. The van der Waals surface area contributed by atoms with Crippen LogP contribution in [0.1, 0.15) is 9.80 Å². The highest BCUT2D eigenvalue weighted by Gasteiger charge is 2.19. The van der Waals surface area contributed by atoms with Crippen molar-refractivity contribution in [1.29, 1.82) is 0 Å². The second-order valence-corrected chi connectivity index (χ2v) is 6.54. The van der Waals surface area contributed by atoms with Crippen LogP contribution in [0.4, 0.5) is 4.39 Å². The Balaban J connectivity index is 2.25. The molecule has 0 saturated heterocycles. The van der Waals surface area contributed by atoms with Crippen LogP contribution in [0.3, 0.4) is 0 Å². The maximum absolute atomic E-state index is 13.6. The number of hydrogen-bond acceptors (Lipinski definition) is 3. The van der Waals surface area contributed by atoms with Gasteiger partial charge in [0.25, 0.3) is 0 Å². The Hall–Kier alpha value is -1.95. The number of nitrogens with zero attached hydrogens (tertiary/aromatic N) is 1. The molecule has 0 radical (unpaired) electrons. The molecule has 3 nitrogen and oxygen atoms in total. The van der Waals surface area contributed by atoms with Crippen LogP contribution in [0.2, 0.25) is 10.0 Å². The molecule has 23 heavy (non-hydrogen) atoms. The Morgan fingerprint density at radius 1 is 1.09 bits per heavy atom. The summed E-state index contributed by atoms with van der Waals surface area (Å²) >= 11 is 12.9. The van der Waals surface area contributed by atoms with Gasteiger partial charge in [-0.2, -0.15) is 0 Å². The summed E-state index contributed by atoms with van der Waals surface area (Å²) < 4.78 is 13.6. The predicted molar refractivity (Wildman–Crippen MR) is 89.9 cm³/mol. The number of aromatic carboxylic acids is 1. The maximum atomic E-state index is 13.6. The second-order valence-electron chi connectivity index (χ2n) is 4.67. The molecule has 3 rings (SSSR count). The molecule has 0 atom stereocenters. The predicted octanol–water partition coefficient (Wildman–Crippen LogP) is 5.62. The quantitative estimate of drug-likeness (QED) is 0.653. The molecule has 2 aromatic carbocycles. The second kappa shape index (κ2) is 6.28. The van der Waals surface area contributed by atoms with E-state index >= 15 is 0 Å². The van der Waals surface area contributed by atoms with Gasteiger partial charge in [-0.15, -0.1) is 11.3 Å². The lowest BCUT2D eigenvalue weighted by atomic mass is 10.1. The topological polar surface area (TPSA) is 50.2 Å². The van der Waals surface area contributed by atoms with Gasteiger partial charge in [0.2, 0.25) is 5.01 Å². The summed E-state index contributed by atoms with van der Waals surface area (Å²) in [4.78, 5) is 15.9. The number of hydrogen-bond donors (Lipinski definition) is 1. The molecular formula is C16H8Cl2FNO2S. The van der Waals surface area contributed by atoms with Gasteiger partial charge in [-0.25, -0.2) is 14.2 Å². The van der Waals surface area contributed by atoms with Crippen molar-refractivity contribution in [3.05, 3.63) is 63.3 Å². The molecule has 0 bridgehead atoms. The van der Waals surface area contributed by atoms with Crippen molar-refractivity contribution in [2.75, 3.05) is 0 Å². The van der Waals surface area contributed by atoms with Crippen LogP contribution in [0.15, 0.2) is 42.5 Å². The van der Waals surface area contributed by atoms with Gasteiger partial charge in [0.05, 0.1) is 10.6 Å². The molecule has 1 aromatic heterocycles. The summed E-state index contributed by atoms with van der Waals surface area (Å²) in [5.41, 5.74) is 1.54. The number of aromatic nitrogens is 1. The first-order valence-electron chi connectivity index (χ1n) is 6.40. The summed E-state index contributed by atoms with van der Waals surface area (Å²) in [5, 5.41) is 9.83. The fraction of sp³-hybridized carbons (Fsp3) is 0. The molecule has 0 saturated carbocycles. The van der Waals surface area contributed by atoms with E-state index in [1.165, 1.54) is 12.1 Å². The number of thiazole rings is 1. The fourth-order valence-electron chi connectivity index (χ4n) is 2.12. The highest BCUT2D eigenvalue weighted by atomic mass is 35.5. The van der Waals surface area contributed by atoms with Crippen LogP contribution in [-0.2, 0) is 0 Å². The van der Waals surface area contributed by atoms with E-state index in [9.17, 15) is 14.3 Å². The zero-order valence-corrected chi connectivity index (χ0v) is 13.7. The molecule has 0 aliphatic heterocycles. The van der Waals surface area contributed by atoms with Crippen molar-refractivity contribution in [2.24, 2.45) is 0 Å². The maximum Gasteiger partial charge on any atom is 0.365 e. The molecule has 0 spiro atoms. The van der Waals surface area contributed by atoms with Gasteiger partial charge in [-0.3, -0.25) is 0 Å². The molecule has 0 unspecified atom stereocenters. The summed E-state index contributed by atoms with van der Waals surface area (Å²) in [6.07, 6.45) is 0. The van der Waals surface area contributed by atoms with Crippen molar-refractivity contribution in [1.82, 2.24) is 4.98 Å². The lowest BCUT2D eigenvalue weighted by Gasteiger charge is -2.04. The van der Waals surface area contributed by atoms with Crippen molar-refractivity contribution >= 4 is 40.5 Å². The van der Waals surface area contributed by atoms with E-state index < -0.39 is 11.8 Å². The minimum atomic E-state index is -1.15. The molecule has 0 fully saturated rings. The van der Waals surface area contributed by atoms with E-state index in [-0.39, 0.29) is 10.0 Å². The summed E-state index contributed by atoms with van der Waals surface area (Å²) in [6, 6.07) is 10.9. The number of carboxylic acids is 1. The average Bonchev–Trinajstić information content (AvgIpc) is 2.91. The number of halogens is 3. The first-order chi connectivity index (χ1) is 10.9. The summed E-state index contributed by atoms with van der Waals surface area (Å²) in [5.74, 6) is -1.65. The highest BCUT2D eigenvalue weighted by Crippen LogP contribution is 2.38. The van der Waals surface area contributed by atoms with Crippen molar-refractivity contribution < 1.29 is 14.3 Å². The van der Waals surface area contributed by atoms with Crippen LogP contribution in [0.5, 0.6) is 0 Å². The smallest absolute Gasteiger partial charge is 0.365 e. The first-order valence-corrected chi connectivity index (χ1v) is 7.98. The fourth-order valence-corrected chi connectivity index (χ4v) is 3.45. The number of benzene rings is 2. The SMILES string of the molecule is O=C(O)c1nc(-c2cccc(Cl)c2)c(-c2cc(F)cc(Cl)c2)s1. The van der Waals surface area contributed by atoms with Gasteiger partial charge in [-0.1, -0.05) is 35.3 Å². The Labute approximate surface area is 144 Å². The monoisotopic (exact) mass is 367 g/mol. The minimum Gasteiger partial charge on any atom is -0.476 e. The first kappa shape index (κ1) is 15.9. The minimum absolute atomic E-state index is 0.0876. The van der Waals surface area contributed by atoms with Gasteiger partial charge in [0.1, 0.15) is 5.82 Å². The average molecular weight is 368 g/mol. The third-order valence-electron chi connectivity index (χ3n) is 3.03. The van der Waals surface area contributed by atoms with Crippen LogP contribution < -0.4 is 0 Å². The van der Waals surface area contributed by atoms with Crippen LogP contribution in [0.25, 0.3) is 21.7 Å². The normalized spacial score (nSPS) is 10.7. The molecule has 7 heteroatoms. The van der Waals surface area contributed by atoms with Crippen LogP contribution >= 0.6 is 34.5 Å². The van der Waals surface area contributed by atoms with E-state index in [2.05, 4.69) is 4.98 Å². The summed E-state index contributed by atoms with van der Waals surface area (Å²) in [6.45, 7) is 0. The largest absolute Gasteiger partial charge is 0.476 e. The van der Waals surface area contributed by atoms with Gasteiger partial charge >= 0.3 is 5.97 Å². The Morgan fingerprint density at radius 2 is 1.83 bits per heavy atom. The van der Waals surface area contributed by atoms with Gasteiger partial charge < -0.3 is 5.11 Å². The zero-order chi connectivity index (χ0) is 16.6. The molecule has 0 amide bonds. The molecule has 0 aliphatic rings. The van der Waals surface area contributed by atoms with Crippen molar-refractivity contribution in [3.63, 3.8) is 0 Å². The zero-order valence-electron chi connectivity index (χ0n) is 11.4. The number of rotatable bonds is 3. The van der Waals surface area contributed by atoms with Crippen molar-refractivity contribution in [2.45, 2.75) is 0 Å². The molecule has 3 aromatic rings. The van der Waals surface area contributed by atoms with Gasteiger partial charge in [-0.05, 0) is 35.9 Å². The molecule has 116 valence electrons. The third kappa shape index (κ3) is 3.37. The molecule has 0 aliphatic carbocycles. The van der Waals surface area contributed by atoms with Crippen LogP contribution in [0, 0.1) is 5.82 Å². The lowest BCUT2D eigenvalue weighted by Crippen LogP contribution is -1.94. The highest BCUT2D eigenvalue weighted by molar-refractivity contribution is 7.17. The molecule has 1 heterocycles. The standard InChI is InChI=1S/C16H8Cl2FNO2S/c17-10-3-1-2-8(4-10)13-14(23-15(20-13)16(21)22)9-5-11(18)7-12(19)6-9/h1-7H,(H,21,22). The molecular weight excluding hydrogens is 360 g/mol. The third-order valence-corrected chi connectivity index (χ3v) is 4.58. The number of carboxylic acid groups (broad SMARTS) is 1.